The van der Waals surface area contributed by atoms with Gasteiger partial charge in [0.1, 0.15) is 6.10 Å². The highest BCUT2D eigenvalue weighted by molar-refractivity contribution is 5.05. The maximum Gasteiger partial charge on any atom is 0.103 e. The van der Waals surface area contributed by atoms with E-state index in [-0.39, 0.29) is 19.1 Å². The maximum atomic E-state index is 9.60. The zero-order valence-electron chi connectivity index (χ0n) is 12.2. The molecule has 0 aromatic carbocycles. The highest BCUT2D eigenvalue weighted by atomic mass is 16.5. The van der Waals surface area contributed by atoms with Crippen molar-refractivity contribution in [2.45, 2.75) is 44.5 Å². The molecule has 4 N–H and O–H groups in total. The fraction of sp³-hybridized carbons (Fsp3) is 0.714. The Hall–Kier alpha value is -1.12. The highest BCUT2D eigenvalue weighted by Gasteiger charge is 2.16. The largest absolute Gasteiger partial charge is 0.394 e. The van der Waals surface area contributed by atoms with Crippen LogP contribution < -0.4 is 0 Å². The van der Waals surface area contributed by atoms with Crippen molar-refractivity contribution in [3.63, 3.8) is 0 Å². The molecule has 0 aliphatic heterocycles. The van der Waals surface area contributed by atoms with Gasteiger partial charge in [-0.15, -0.1) is 0 Å². The second-order valence-electron chi connectivity index (χ2n) is 4.85. The van der Waals surface area contributed by atoms with Gasteiger partial charge in [0.2, 0.25) is 0 Å². The first-order valence-corrected chi connectivity index (χ1v) is 7.09. The summed E-state index contributed by atoms with van der Waals surface area (Å²) in [5.74, 6) is 0. The Bertz CT molecular complexity index is 387. The van der Waals surface area contributed by atoms with Gasteiger partial charge < -0.3 is 25.2 Å². The molecule has 0 unspecified atom stereocenters. The van der Waals surface area contributed by atoms with Crippen molar-refractivity contribution in [1.82, 2.24) is 9.97 Å². The molecule has 0 spiro atoms. The lowest BCUT2D eigenvalue weighted by Crippen LogP contribution is -2.31. The molecule has 0 fully saturated rings. The average molecular weight is 300 g/mol. The Morgan fingerprint density at radius 3 is 2.14 bits per heavy atom. The van der Waals surface area contributed by atoms with Gasteiger partial charge in [-0.2, -0.15) is 0 Å². The van der Waals surface area contributed by atoms with Gasteiger partial charge in [0.15, 0.2) is 0 Å². The van der Waals surface area contributed by atoms with Gasteiger partial charge in [-0.25, -0.2) is 0 Å². The first kappa shape index (κ1) is 17.9. The van der Waals surface area contributed by atoms with E-state index >= 15 is 0 Å². The molecule has 1 rings (SSSR count). The van der Waals surface area contributed by atoms with Crippen LogP contribution in [-0.2, 0) is 17.6 Å². The third-order valence-corrected chi connectivity index (χ3v) is 3.15. The van der Waals surface area contributed by atoms with Crippen LogP contribution in [0.5, 0.6) is 0 Å². The number of aliphatic hydroxyl groups is 4. The summed E-state index contributed by atoms with van der Waals surface area (Å²) in [6.07, 6.45) is 2.44. The highest BCUT2D eigenvalue weighted by Crippen LogP contribution is 2.08. The summed E-state index contributed by atoms with van der Waals surface area (Å²) in [4.78, 5) is 8.44. The Kier molecular flexibility index (Phi) is 8.33. The predicted octanol–water partition coefficient (Wildman–Crippen LogP) is -0.937. The minimum absolute atomic E-state index is 0.00775. The van der Waals surface area contributed by atoms with Crippen LogP contribution in [0.25, 0.3) is 0 Å². The Balaban J connectivity index is 2.53. The Morgan fingerprint density at radius 2 is 1.67 bits per heavy atom. The SMILES string of the molecule is CC[C@@H](Cc1cnc(C[C@H](O)[C@H](O)CO)cn1)OCCO. The van der Waals surface area contributed by atoms with E-state index < -0.39 is 18.8 Å². The van der Waals surface area contributed by atoms with Crippen LogP contribution in [0.3, 0.4) is 0 Å². The number of aliphatic hydroxyl groups excluding tert-OH is 4. The minimum Gasteiger partial charge on any atom is -0.394 e. The smallest absolute Gasteiger partial charge is 0.103 e. The van der Waals surface area contributed by atoms with E-state index in [2.05, 4.69) is 9.97 Å². The number of ether oxygens (including phenoxy) is 1. The van der Waals surface area contributed by atoms with E-state index in [1.807, 2.05) is 6.92 Å². The summed E-state index contributed by atoms with van der Waals surface area (Å²) in [7, 11) is 0. The van der Waals surface area contributed by atoms with Crippen LogP contribution in [0.4, 0.5) is 0 Å². The van der Waals surface area contributed by atoms with Crippen molar-refractivity contribution in [2.75, 3.05) is 19.8 Å². The van der Waals surface area contributed by atoms with Crippen molar-refractivity contribution < 1.29 is 25.2 Å². The molecule has 7 heteroatoms. The minimum atomic E-state index is -1.18. The summed E-state index contributed by atoms with van der Waals surface area (Å²) >= 11 is 0. The molecule has 0 saturated heterocycles. The van der Waals surface area contributed by atoms with Crippen LogP contribution in [0.15, 0.2) is 12.4 Å². The predicted molar refractivity (Wildman–Crippen MR) is 75.7 cm³/mol. The van der Waals surface area contributed by atoms with E-state index in [1.54, 1.807) is 12.4 Å². The summed E-state index contributed by atoms with van der Waals surface area (Å²) in [6, 6.07) is 0. The molecule has 0 saturated carbocycles. The summed E-state index contributed by atoms with van der Waals surface area (Å²) in [6.45, 7) is 1.80. The number of nitrogens with zero attached hydrogens (tertiary/aromatic N) is 2. The van der Waals surface area contributed by atoms with Crippen LogP contribution in [0, 0.1) is 0 Å². The normalized spacial score (nSPS) is 15.7. The van der Waals surface area contributed by atoms with E-state index in [1.165, 1.54) is 0 Å². The molecule has 0 aliphatic carbocycles. The monoisotopic (exact) mass is 300 g/mol. The molecule has 120 valence electrons. The molecular weight excluding hydrogens is 276 g/mol. The third-order valence-electron chi connectivity index (χ3n) is 3.15. The zero-order chi connectivity index (χ0) is 15.7. The molecule has 7 nitrogen and oxygen atoms in total. The van der Waals surface area contributed by atoms with E-state index in [0.29, 0.717) is 18.7 Å². The molecule has 0 radical (unpaired) electrons. The van der Waals surface area contributed by atoms with Crippen LogP contribution in [0.2, 0.25) is 0 Å². The van der Waals surface area contributed by atoms with Crippen molar-refractivity contribution in [1.29, 1.82) is 0 Å². The van der Waals surface area contributed by atoms with E-state index in [9.17, 15) is 10.2 Å². The number of hydrogen-bond acceptors (Lipinski definition) is 7. The lowest BCUT2D eigenvalue weighted by Gasteiger charge is -2.16. The molecule has 1 heterocycles. The average Bonchev–Trinajstić information content (AvgIpc) is 2.52. The maximum absolute atomic E-state index is 9.60. The van der Waals surface area contributed by atoms with E-state index in [4.69, 9.17) is 14.9 Å². The van der Waals surface area contributed by atoms with Gasteiger partial charge in [0.05, 0.1) is 43.4 Å². The molecular formula is C14H24N2O5. The van der Waals surface area contributed by atoms with Gasteiger partial charge in [-0.3, -0.25) is 9.97 Å². The molecule has 1 aromatic rings. The Labute approximate surface area is 124 Å². The van der Waals surface area contributed by atoms with Gasteiger partial charge in [0, 0.05) is 25.2 Å². The second-order valence-corrected chi connectivity index (χ2v) is 4.85. The van der Waals surface area contributed by atoms with Crippen LogP contribution in [0.1, 0.15) is 24.7 Å². The summed E-state index contributed by atoms with van der Waals surface area (Å²) in [5.41, 5.74) is 1.31. The summed E-state index contributed by atoms with van der Waals surface area (Å²) in [5, 5.41) is 36.4. The van der Waals surface area contributed by atoms with E-state index in [0.717, 1.165) is 12.1 Å². The van der Waals surface area contributed by atoms with Crippen molar-refractivity contribution in [2.24, 2.45) is 0 Å². The molecule has 1 aromatic heterocycles. The molecule has 0 bridgehead atoms. The molecule has 0 aliphatic rings. The Morgan fingerprint density at radius 1 is 1.05 bits per heavy atom. The van der Waals surface area contributed by atoms with Crippen molar-refractivity contribution in [3.05, 3.63) is 23.8 Å². The molecule has 0 amide bonds. The fourth-order valence-electron chi connectivity index (χ4n) is 1.84. The first-order chi connectivity index (χ1) is 10.1. The lowest BCUT2D eigenvalue weighted by molar-refractivity contribution is -0.0137. The third kappa shape index (κ3) is 6.45. The number of aromatic nitrogens is 2. The second kappa shape index (κ2) is 9.75. The standard InChI is InChI=1S/C14H24N2O5/c1-2-12(21-4-3-17)5-10-7-16-11(8-15-10)6-13(19)14(20)9-18/h7-8,12-14,17-20H,2-6,9H2,1H3/t12-,13-,14+/m0/s1. The van der Waals surface area contributed by atoms with Gasteiger partial charge in [0.25, 0.3) is 0 Å². The van der Waals surface area contributed by atoms with Crippen LogP contribution >= 0.6 is 0 Å². The first-order valence-electron chi connectivity index (χ1n) is 7.09. The van der Waals surface area contributed by atoms with Gasteiger partial charge in [-0.05, 0) is 6.42 Å². The fourth-order valence-corrected chi connectivity index (χ4v) is 1.84. The van der Waals surface area contributed by atoms with Gasteiger partial charge in [-0.1, -0.05) is 6.92 Å². The zero-order valence-corrected chi connectivity index (χ0v) is 12.2. The van der Waals surface area contributed by atoms with Crippen LogP contribution in [-0.4, -0.2) is 68.5 Å². The van der Waals surface area contributed by atoms with Crippen molar-refractivity contribution in [3.8, 4) is 0 Å². The van der Waals surface area contributed by atoms with Crippen molar-refractivity contribution >= 4 is 0 Å². The number of hydrogen-bond donors (Lipinski definition) is 4. The number of rotatable bonds is 10. The quantitative estimate of drug-likeness (QED) is 0.441. The molecule has 3 atom stereocenters. The summed E-state index contributed by atoms with van der Waals surface area (Å²) < 4.78 is 5.47. The lowest BCUT2D eigenvalue weighted by atomic mass is 10.1. The molecule has 21 heavy (non-hydrogen) atoms. The topological polar surface area (TPSA) is 116 Å². The van der Waals surface area contributed by atoms with Gasteiger partial charge >= 0.3 is 0 Å².